The summed E-state index contributed by atoms with van der Waals surface area (Å²) in [5, 5.41) is 0. The second-order valence-corrected chi connectivity index (χ2v) is 4.28. The fourth-order valence-electron chi connectivity index (χ4n) is 1.42. The molecule has 0 saturated heterocycles. The first-order valence-corrected chi connectivity index (χ1v) is 5.05. The zero-order valence-electron chi connectivity index (χ0n) is 8.15. The molecule has 0 unspecified atom stereocenters. The summed E-state index contributed by atoms with van der Waals surface area (Å²) in [6.45, 7) is 5.71. The van der Waals surface area contributed by atoms with E-state index in [2.05, 4.69) is 28.9 Å². The topological polar surface area (TPSA) is 17.1 Å². The average Bonchev–Trinajstić information content (AvgIpc) is 1.96. The zero-order valence-corrected chi connectivity index (χ0v) is 9.73. The first kappa shape index (κ1) is 10.5. The summed E-state index contributed by atoms with van der Waals surface area (Å²) in [7, 11) is 0. The molecule has 70 valence electrons. The minimum Gasteiger partial charge on any atom is -0.300 e. The lowest BCUT2D eigenvalue weighted by Gasteiger charge is -2.07. The quantitative estimate of drug-likeness (QED) is 0.777. The highest BCUT2D eigenvalue weighted by Gasteiger charge is 2.06. The van der Waals surface area contributed by atoms with Crippen LogP contribution in [0.4, 0.5) is 0 Å². The Morgan fingerprint density at radius 3 is 2.46 bits per heavy atom. The SMILES string of the molecule is CC(=O)Cc1c(C)cc(C)cc1Br. The van der Waals surface area contributed by atoms with Crippen LogP contribution in [0, 0.1) is 13.8 Å². The Morgan fingerprint density at radius 2 is 2.00 bits per heavy atom. The third-order valence-corrected chi connectivity index (χ3v) is 2.70. The monoisotopic (exact) mass is 240 g/mol. The molecule has 0 heterocycles. The van der Waals surface area contributed by atoms with Gasteiger partial charge in [0.1, 0.15) is 5.78 Å². The van der Waals surface area contributed by atoms with Crippen molar-refractivity contribution in [1.29, 1.82) is 0 Å². The van der Waals surface area contributed by atoms with Crippen LogP contribution in [-0.4, -0.2) is 5.78 Å². The molecule has 0 radical (unpaired) electrons. The molecule has 1 nitrogen and oxygen atoms in total. The van der Waals surface area contributed by atoms with Gasteiger partial charge in [0, 0.05) is 10.9 Å². The van der Waals surface area contributed by atoms with Crippen molar-refractivity contribution in [3.05, 3.63) is 33.3 Å². The molecule has 13 heavy (non-hydrogen) atoms. The molecule has 1 rings (SSSR count). The lowest BCUT2D eigenvalue weighted by molar-refractivity contribution is -0.116. The molecular weight excluding hydrogens is 228 g/mol. The van der Waals surface area contributed by atoms with Crippen molar-refractivity contribution in [3.63, 3.8) is 0 Å². The van der Waals surface area contributed by atoms with Gasteiger partial charge in [0.15, 0.2) is 0 Å². The first-order valence-electron chi connectivity index (χ1n) is 4.25. The lowest BCUT2D eigenvalue weighted by Crippen LogP contribution is -2.00. The molecule has 0 aliphatic rings. The van der Waals surface area contributed by atoms with E-state index in [9.17, 15) is 4.79 Å². The maximum atomic E-state index is 11.0. The molecule has 0 bridgehead atoms. The maximum Gasteiger partial charge on any atom is 0.134 e. The first-order chi connectivity index (χ1) is 6.00. The van der Waals surface area contributed by atoms with E-state index >= 15 is 0 Å². The number of halogens is 1. The van der Waals surface area contributed by atoms with Crippen molar-refractivity contribution in [2.75, 3.05) is 0 Å². The molecule has 0 amide bonds. The Kier molecular flexibility index (Phi) is 3.26. The van der Waals surface area contributed by atoms with Gasteiger partial charge >= 0.3 is 0 Å². The fourth-order valence-corrected chi connectivity index (χ4v) is 2.23. The smallest absolute Gasteiger partial charge is 0.134 e. The third kappa shape index (κ3) is 2.66. The fraction of sp³-hybridized carbons (Fsp3) is 0.364. The Morgan fingerprint density at radius 1 is 1.38 bits per heavy atom. The predicted molar refractivity (Wildman–Crippen MR) is 58.0 cm³/mol. The molecular formula is C11H13BrO. The van der Waals surface area contributed by atoms with E-state index in [-0.39, 0.29) is 5.78 Å². The van der Waals surface area contributed by atoms with Gasteiger partial charge in [-0.05, 0) is 43.5 Å². The minimum atomic E-state index is 0.202. The number of ketones is 1. The van der Waals surface area contributed by atoms with Gasteiger partial charge in [-0.15, -0.1) is 0 Å². The van der Waals surface area contributed by atoms with Crippen LogP contribution in [-0.2, 0) is 11.2 Å². The molecule has 0 N–H and O–H groups in total. The molecule has 0 aliphatic heterocycles. The molecule has 2 heteroatoms. The number of carbonyl (C=O) groups excluding carboxylic acids is 1. The predicted octanol–water partition coefficient (Wildman–Crippen LogP) is 3.20. The standard InChI is InChI=1S/C11H13BrO/c1-7-4-8(2)10(6-9(3)13)11(12)5-7/h4-5H,6H2,1-3H3. The highest BCUT2D eigenvalue weighted by molar-refractivity contribution is 9.10. The number of hydrogen-bond acceptors (Lipinski definition) is 1. The summed E-state index contributed by atoms with van der Waals surface area (Å²) in [5.74, 6) is 0.202. The van der Waals surface area contributed by atoms with Gasteiger partial charge in [-0.3, -0.25) is 4.79 Å². The summed E-state index contributed by atoms with van der Waals surface area (Å²) in [6, 6.07) is 4.15. The average molecular weight is 241 g/mol. The van der Waals surface area contributed by atoms with Crippen LogP contribution in [0.25, 0.3) is 0 Å². The second-order valence-electron chi connectivity index (χ2n) is 3.42. The van der Waals surface area contributed by atoms with Crippen LogP contribution in [0.1, 0.15) is 23.6 Å². The van der Waals surface area contributed by atoms with Gasteiger partial charge < -0.3 is 0 Å². The highest BCUT2D eigenvalue weighted by Crippen LogP contribution is 2.23. The van der Waals surface area contributed by atoms with E-state index in [1.54, 1.807) is 6.92 Å². The largest absolute Gasteiger partial charge is 0.300 e. The Bertz CT molecular complexity index is 319. The van der Waals surface area contributed by atoms with Crippen molar-refractivity contribution in [2.24, 2.45) is 0 Å². The zero-order chi connectivity index (χ0) is 10.0. The van der Waals surface area contributed by atoms with Crippen molar-refractivity contribution in [1.82, 2.24) is 0 Å². The summed E-state index contributed by atoms with van der Waals surface area (Å²) in [5.41, 5.74) is 3.51. The molecule has 0 aliphatic carbocycles. The number of carbonyl (C=O) groups is 1. The summed E-state index contributed by atoms with van der Waals surface area (Å²) in [6.07, 6.45) is 0.521. The van der Waals surface area contributed by atoms with Crippen molar-refractivity contribution >= 4 is 21.7 Å². The maximum absolute atomic E-state index is 11.0. The van der Waals surface area contributed by atoms with Gasteiger partial charge in [0.05, 0.1) is 0 Å². The van der Waals surface area contributed by atoms with Crippen molar-refractivity contribution < 1.29 is 4.79 Å². The summed E-state index contributed by atoms with van der Waals surface area (Å²) < 4.78 is 1.04. The molecule has 0 saturated carbocycles. The van der Waals surface area contributed by atoms with Gasteiger partial charge in [-0.1, -0.05) is 22.0 Å². The third-order valence-electron chi connectivity index (χ3n) is 1.99. The lowest BCUT2D eigenvalue weighted by atomic mass is 10.0. The van der Waals surface area contributed by atoms with E-state index in [0.717, 1.165) is 10.0 Å². The molecule has 0 fully saturated rings. The number of hydrogen-bond donors (Lipinski definition) is 0. The van der Waals surface area contributed by atoms with Crippen LogP contribution in [0.15, 0.2) is 16.6 Å². The van der Waals surface area contributed by atoms with Crippen LogP contribution in [0.2, 0.25) is 0 Å². The number of rotatable bonds is 2. The van der Waals surface area contributed by atoms with E-state index in [1.165, 1.54) is 11.1 Å². The molecule has 1 aromatic carbocycles. The summed E-state index contributed by atoms with van der Waals surface area (Å²) >= 11 is 3.47. The molecule has 0 spiro atoms. The van der Waals surface area contributed by atoms with Crippen molar-refractivity contribution in [2.45, 2.75) is 27.2 Å². The number of aryl methyl sites for hydroxylation is 2. The highest BCUT2D eigenvalue weighted by atomic mass is 79.9. The van der Waals surface area contributed by atoms with E-state index in [0.29, 0.717) is 6.42 Å². The normalized spacial score (nSPS) is 10.2. The molecule has 0 atom stereocenters. The number of Topliss-reactive ketones (excluding diaryl/α,β-unsaturated/α-hetero) is 1. The molecule has 1 aromatic rings. The van der Waals surface area contributed by atoms with Gasteiger partial charge in [0.2, 0.25) is 0 Å². The van der Waals surface area contributed by atoms with Crippen LogP contribution < -0.4 is 0 Å². The Hall–Kier alpha value is -0.630. The van der Waals surface area contributed by atoms with Crippen LogP contribution in [0.5, 0.6) is 0 Å². The Balaban J connectivity index is 3.13. The van der Waals surface area contributed by atoms with Crippen molar-refractivity contribution in [3.8, 4) is 0 Å². The van der Waals surface area contributed by atoms with Crippen LogP contribution >= 0.6 is 15.9 Å². The minimum absolute atomic E-state index is 0.202. The number of benzene rings is 1. The van der Waals surface area contributed by atoms with E-state index in [4.69, 9.17) is 0 Å². The van der Waals surface area contributed by atoms with Gasteiger partial charge in [0.25, 0.3) is 0 Å². The summed E-state index contributed by atoms with van der Waals surface area (Å²) in [4.78, 5) is 11.0. The Labute approximate surface area is 87.3 Å². The van der Waals surface area contributed by atoms with E-state index in [1.807, 2.05) is 13.0 Å². The molecule has 0 aromatic heterocycles. The second kappa shape index (κ2) is 4.05. The van der Waals surface area contributed by atoms with E-state index < -0.39 is 0 Å². The van der Waals surface area contributed by atoms with Gasteiger partial charge in [-0.2, -0.15) is 0 Å². The van der Waals surface area contributed by atoms with Gasteiger partial charge in [-0.25, -0.2) is 0 Å². The van der Waals surface area contributed by atoms with Crippen LogP contribution in [0.3, 0.4) is 0 Å².